The van der Waals surface area contributed by atoms with Crippen LogP contribution >= 0.6 is 11.3 Å². The van der Waals surface area contributed by atoms with Crippen molar-refractivity contribution < 1.29 is 4.79 Å². The maximum absolute atomic E-state index is 11.0. The smallest absolute Gasteiger partial charge is 0.221 e. The molecule has 1 aromatic heterocycles. The lowest BCUT2D eigenvalue weighted by Crippen LogP contribution is -2.15. The van der Waals surface area contributed by atoms with Crippen molar-refractivity contribution in [2.24, 2.45) is 5.73 Å². The van der Waals surface area contributed by atoms with E-state index in [0.717, 1.165) is 22.0 Å². The highest BCUT2D eigenvalue weighted by Gasteiger charge is 2.07. The number of primary amides is 1. The Morgan fingerprint density at radius 1 is 1.37 bits per heavy atom. The summed E-state index contributed by atoms with van der Waals surface area (Å²) < 4.78 is 0. The number of nitrogens with one attached hydrogen (secondary N) is 1. The molecule has 3 N–H and O–H groups in total. The van der Waals surface area contributed by atoms with Crippen LogP contribution in [0.3, 0.4) is 0 Å². The van der Waals surface area contributed by atoms with Gasteiger partial charge in [0.2, 0.25) is 5.91 Å². The highest BCUT2D eigenvalue weighted by atomic mass is 32.1. The summed E-state index contributed by atoms with van der Waals surface area (Å²) in [6.45, 7) is 4.73. The van der Waals surface area contributed by atoms with Crippen LogP contribution in [0, 0.1) is 13.8 Å². The van der Waals surface area contributed by atoms with Crippen molar-refractivity contribution in [3.63, 3.8) is 0 Å². The largest absolute Gasteiger partial charge is 0.380 e. The van der Waals surface area contributed by atoms with Crippen molar-refractivity contribution in [2.75, 3.05) is 5.32 Å². The fraction of sp³-hybridized carbons (Fsp3) is 0.286. The van der Waals surface area contributed by atoms with Crippen molar-refractivity contribution in [1.82, 2.24) is 4.98 Å². The quantitative estimate of drug-likeness (QED) is 0.880. The van der Waals surface area contributed by atoms with Crippen molar-refractivity contribution in [2.45, 2.75) is 26.8 Å². The van der Waals surface area contributed by atoms with E-state index < -0.39 is 0 Å². The molecule has 0 aliphatic carbocycles. The number of nitrogens with two attached hydrogens (primary N) is 1. The van der Waals surface area contributed by atoms with Crippen molar-refractivity contribution in [3.8, 4) is 0 Å². The molecule has 0 aliphatic rings. The number of benzene rings is 1. The van der Waals surface area contributed by atoms with E-state index in [2.05, 4.69) is 10.3 Å². The first-order valence-electron chi connectivity index (χ1n) is 6.09. The Morgan fingerprint density at radius 2 is 2.11 bits per heavy atom. The van der Waals surface area contributed by atoms with E-state index in [1.165, 1.54) is 4.88 Å². The molecule has 2 aromatic rings. The third kappa shape index (κ3) is 3.54. The minimum Gasteiger partial charge on any atom is -0.380 e. The minimum atomic E-state index is -0.320. The second-order valence-corrected chi connectivity index (χ2v) is 5.68. The molecule has 0 bridgehead atoms. The van der Waals surface area contributed by atoms with Gasteiger partial charge in [-0.3, -0.25) is 4.79 Å². The summed E-state index contributed by atoms with van der Waals surface area (Å²) in [4.78, 5) is 16.7. The molecule has 19 heavy (non-hydrogen) atoms. The Balaban J connectivity index is 2.11. The first kappa shape index (κ1) is 13.5. The first-order valence-corrected chi connectivity index (χ1v) is 6.91. The van der Waals surface area contributed by atoms with Crippen LogP contribution in [-0.4, -0.2) is 10.9 Å². The molecule has 0 radical (unpaired) electrons. The Hall–Kier alpha value is -1.88. The fourth-order valence-corrected chi connectivity index (χ4v) is 2.82. The van der Waals surface area contributed by atoms with Gasteiger partial charge in [-0.2, -0.15) is 0 Å². The van der Waals surface area contributed by atoms with Crippen molar-refractivity contribution in [3.05, 3.63) is 45.4 Å². The minimum absolute atomic E-state index is 0.254. The zero-order chi connectivity index (χ0) is 13.8. The molecule has 0 spiro atoms. The number of carbonyl (C=O) groups is 1. The SMILES string of the molecule is Cc1nc(C)c(CNc2ccccc2CC(N)=O)s1. The number of hydrogen-bond donors (Lipinski definition) is 2. The second kappa shape index (κ2) is 5.84. The first-order chi connectivity index (χ1) is 9.06. The monoisotopic (exact) mass is 275 g/mol. The van der Waals surface area contributed by atoms with Crippen LogP contribution in [0.2, 0.25) is 0 Å². The number of carbonyl (C=O) groups excluding carboxylic acids is 1. The van der Waals surface area contributed by atoms with Crippen LogP contribution in [0.1, 0.15) is 21.1 Å². The molecule has 0 aliphatic heterocycles. The van der Waals surface area contributed by atoms with E-state index in [1.54, 1.807) is 11.3 Å². The van der Waals surface area contributed by atoms with Gasteiger partial charge in [-0.1, -0.05) is 18.2 Å². The summed E-state index contributed by atoms with van der Waals surface area (Å²) >= 11 is 1.69. The number of thiazole rings is 1. The summed E-state index contributed by atoms with van der Waals surface area (Å²) in [5.74, 6) is -0.320. The second-order valence-electron chi connectivity index (χ2n) is 4.40. The van der Waals surface area contributed by atoms with E-state index in [1.807, 2.05) is 38.1 Å². The lowest BCUT2D eigenvalue weighted by molar-refractivity contribution is -0.117. The molecule has 0 saturated carbocycles. The van der Waals surface area contributed by atoms with Crippen LogP contribution in [0.4, 0.5) is 5.69 Å². The molecular formula is C14H17N3OS. The Bertz CT molecular complexity index is 592. The molecule has 0 unspecified atom stereocenters. The average Bonchev–Trinajstić information content (AvgIpc) is 2.66. The van der Waals surface area contributed by atoms with Gasteiger partial charge in [0, 0.05) is 10.6 Å². The number of rotatable bonds is 5. The lowest BCUT2D eigenvalue weighted by atomic mass is 10.1. The highest BCUT2D eigenvalue weighted by Crippen LogP contribution is 2.21. The van der Waals surface area contributed by atoms with Crippen molar-refractivity contribution >= 4 is 22.9 Å². The topological polar surface area (TPSA) is 68.0 Å². The Morgan fingerprint density at radius 3 is 2.74 bits per heavy atom. The van der Waals surface area contributed by atoms with Crippen molar-refractivity contribution in [1.29, 1.82) is 0 Å². The predicted molar refractivity (Wildman–Crippen MR) is 78.3 cm³/mol. The van der Waals surface area contributed by atoms with Crippen LogP contribution in [0.5, 0.6) is 0 Å². The molecule has 0 fully saturated rings. The van der Waals surface area contributed by atoms with Gasteiger partial charge in [0.25, 0.3) is 0 Å². The van der Waals surface area contributed by atoms with E-state index in [0.29, 0.717) is 6.54 Å². The fourth-order valence-electron chi connectivity index (χ4n) is 1.95. The van der Waals surface area contributed by atoms with E-state index in [4.69, 9.17) is 5.73 Å². The number of nitrogens with zero attached hydrogens (tertiary/aromatic N) is 1. The van der Waals surface area contributed by atoms with Crippen LogP contribution in [-0.2, 0) is 17.8 Å². The molecule has 2 rings (SSSR count). The summed E-state index contributed by atoms with van der Waals surface area (Å²) in [6, 6.07) is 7.72. The summed E-state index contributed by atoms with van der Waals surface area (Å²) in [5.41, 5.74) is 8.19. The predicted octanol–water partition coefficient (Wildman–Crippen LogP) is 2.40. The zero-order valence-electron chi connectivity index (χ0n) is 11.1. The zero-order valence-corrected chi connectivity index (χ0v) is 11.9. The van der Waals surface area contributed by atoms with Crippen LogP contribution in [0.25, 0.3) is 0 Å². The maximum Gasteiger partial charge on any atom is 0.221 e. The van der Waals surface area contributed by atoms with Gasteiger partial charge in [0.1, 0.15) is 0 Å². The van der Waals surface area contributed by atoms with E-state index in [9.17, 15) is 4.79 Å². The molecular weight excluding hydrogens is 258 g/mol. The van der Waals surface area contributed by atoms with Gasteiger partial charge in [0.05, 0.1) is 23.7 Å². The van der Waals surface area contributed by atoms with E-state index in [-0.39, 0.29) is 12.3 Å². The number of para-hydroxylation sites is 1. The summed E-state index contributed by atoms with van der Waals surface area (Å²) in [5, 5.41) is 4.42. The van der Waals surface area contributed by atoms with Gasteiger partial charge in [-0.05, 0) is 25.5 Å². The number of aryl methyl sites for hydroxylation is 2. The van der Waals surface area contributed by atoms with Gasteiger partial charge in [-0.15, -0.1) is 11.3 Å². The lowest BCUT2D eigenvalue weighted by Gasteiger charge is -2.10. The molecule has 0 atom stereocenters. The molecule has 5 heteroatoms. The van der Waals surface area contributed by atoms with Crippen LogP contribution in [0.15, 0.2) is 24.3 Å². The number of amides is 1. The van der Waals surface area contributed by atoms with E-state index >= 15 is 0 Å². The summed E-state index contributed by atoms with van der Waals surface area (Å²) in [6.07, 6.45) is 0.254. The highest BCUT2D eigenvalue weighted by molar-refractivity contribution is 7.11. The normalized spacial score (nSPS) is 10.4. The molecule has 4 nitrogen and oxygen atoms in total. The number of aromatic nitrogens is 1. The maximum atomic E-state index is 11.0. The third-order valence-corrected chi connectivity index (χ3v) is 3.89. The summed E-state index contributed by atoms with van der Waals surface area (Å²) in [7, 11) is 0. The van der Waals surface area contributed by atoms with Crippen LogP contribution < -0.4 is 11.1 Å². The van der Waals surface area contributed by atoms with Gasteiger partial charge < -0.3 is 11.1 Å². The average molecular weight is 275 g/mol. The van der Waals surface area contributed by atoms with Gasteiger partial charge >= 0.3 is 0 Å². The van der Waals surface area contributed by atoms with Gasteiger partial charge in [-0.25, -0.2) is 4.98 Å². The molecule has 1 aromatic carbocycles. The Kier molecular flexibility index (Phi) is 4.16. The Labute approximate surface area is 116 Å². The molecule has 1 amide bonds. The van der Waals surface area contributed by atoms with Gasteiger partial charge in [0.15, 0.2) is 0 Å². The third-order valence-electron chi connectivity index (χ3n) is 2.82. The molecule has 0 saturated heterocycles. The number of hydrogen-bond acceptors (Lipinski definition) is 4. The standard InChI is InChI=1S/C14H17N3OS/c1-9-13(19-10(2)17-9)8-16-12-6-4-3-5-11(12)7-14(15)18/h3-6,16H,7-8H2,1-2H3,(H2,15,18). The molecule has 1 heterocycles. The molecule has 100 valence electrons. The number of anilines is 1.